The van der Waals surface area contributed by atoms with Gasteiger partial charge in [-0.2, -0.15) is 0 Å². The van der Waals surface area contributed by atoms with Gasteiger partial charge in [-0.15, -0.1) is 0 Å². The number of benzene rings is 2. The Labute approximate surface area is 134 Å². The maximum Gasteiger partial charge on any atom is 0.159 e. The van der Waals surface area contributed by atoms with Gasteiger partial charge in [0, 0.05) is 13.7 Å². The molecule has 0 saturated heterocycles. The lowest BCUT2D eigenvalue weighted by Gasteiger charge is -2.21. The molecule has 0 spiro atoms. The number of ether oxygens (including phenoxy) is 1. The molecule has 0 saturated carbocycles. The molecule has 0 bridgehead atoms. The Bertz CT molecular complexity index is 607. The van der Waals surface area contributed by atoms with Crippen molar-refractivity contribution in [3.8, 4) is 0 Å². The summed E-state index contributed by atoms with van der Waals surface area (Å²) in [4.78, 5) is 0. The second-order valence-electron chi connectivity index (χ2n) is 5.43. The normalized spacial score (nSPS) is 13.7. The number of halogens is 2. The van der Waals surface area contributed by atoms with E-state index in [0.717, 1.165) is 17.7 Å². The van der Waals surface area contributed by atoms with Crippen LogP contribution in [0.2, 0.25) is 0 Å². The maximum absolute atomic E-state index is 13.4. The summed E-state index contributed by atoms with van der Waals surface area (Å²) >= 11 is 0. The molecule has 2 unspecified atom stereocenters. The number of rotatable bonds is 8. The van der Waals surface area contributed by atoms with Gasteiger partial charge in [0.25, 0.3) is 0 Å². The quantitative estimate of drug-likeness (QED) is 0.785. The second-order valence-corrected chi connectivity index (χ2v) is 5.43. The Morgan fingerprint density at radius 3 is 2.48 bits per heavy atom. The molecule has 2 rings (SSSR count). The van der Waals surface area contributed by atoms with E-state index < -0.39 is 17.7 Å². The molecule has 0 heterocycles. The van der Waals surface area contributed by atoms with Gasteiger partial charge in [0.15, 0.2) is 11.6 Å². The van der Waals surface area contributed by atoms with Crippen molar-refractivity contribution in [2.45, 2.75) is 18.6 Å². The minimum absolute atomic E-state index is 0.295. The predicted molar refractivity (Wildman–Crippen MR) is 85.1 cm³/mol. The number of aliphatic hydroxyl groups is 1. The largest absolute Gasteiger partial charge is 0.391 e. The Hall–Kier alpha value is -1.82. The first-order valence-corrected chi connectivity index (χ1v) is 7.49. The molecule has 2 N–H and O–H groups in total. The van der Waals surface area contributed by atoms with E-state index in [1.54, 1.807) is 0 Å². The highest BCUT2D eigenvalue weighted by Crippen LogP contribution is 2.17. The van der Waals surface area contributed by atoms with Crippen LogP contribution >= 0.6 is 0 Å². The first-order chi connectivity index (χ1) is 11.1. The zero-order chi connectivity index (χ0) is 16.7. The van der Waals surface area contributed by atoms with Gasteiger partial charge in [-0.3, -0.25) is 0 Å². The number of hydrogen-bond donors (Lipinski definition) is 2. The highest BCUT2D eigenvalue weighted by atomic mass is 19.2. The third-order valence-corrected chi connectivity index (χ3v) is 3.59. The zero-order valence-electron chi connectivity index (χ0n) is 13.0. The Balaban J connectivity index is 1.95. The Morgan fingerprint density at radius 2 is 1.83 bits per heavy atom. The van der Waals surface area contributed by atoms with Crippen molar-refractivity contribution in [2.75, 3.05) is 20.3 Å². The number of methoxy groups -OCH3 is 1. The smallest absolute Gasteiger partial charge is 0.159 e. The molecule has 0 radical (unpaired) electrons. The average molecular weight is 321 g/mol. The molecule has 0 aromatic heterocycles. The minimum atomic E-state index is -0.893. The molecule has 0 aliphatic carbocycles. The fourth-order valence-corrected chi connectivity index (χ4v) is 2.41. The van der Waals surface area contributed by atoms with Gasteiger partial charge in [-0.1, -0.05) is 36.4 Å². The van der Waals surface area contributed by atoms with Crippen LogP contribution in [0.1, 0.15) is 17.2 Å². The third kappa shape index (κ3) is 5.39. The van der Waals surface area contributed by atoms with Gasteiger partial charge in [0.05, 0.1) is 18.8 Å². The van der Waals surface area contributed by atoms with Crippen molar-refractivity contribution in [3.63, 3.8) is 0 Å². The summed E-state index contributed by atoms with van der Waals surface area (Å²) in [7, 11) is 1.54. The minimum Gasteiger partial charge on any atom is -0.391 e. The SMILES string of the molecule is COCC(NCC(O)Cc1ccccc1)c1ccc(F)c(F)c1. The number of hydrogen-bond acceptors (Lipinski definition) is 3. The number of nitrogens with one attached hydrogen (secondary N) is 1. The van der Waals surface area contributed by atoms with Gasteiger partial charge in [0.1, 0.15) is 0 Å². The van der Waals surface area contributed by atoms with Crippen LogP contribution in [0, 0.1) is 11.6 Å². The molecule has 23 heavy (non-hydrogen) atoms. The highest BCUT2D eigenvalue weighted by Gasteiger charge is 2.15. The third-order valence-electron chi connectivity index (χ3n) is 3.59. The molecule has 2 atom stereocenters. The van der Waals surface area contributed by atoms with Crippen LogP contribution in [0.5, 0.6) is 0 Å². The van der Waals surface area contributed by atoms with Crippen molar-refractivity contribution in [1.82, 2.24) is 5.32 Å². The summed E-state index contributed by atoms with van der Waals surface area (Å²) in [5, 5.41) is 13.3. The van der Waals surface area contributed by atoms with Crippen molar-refractivity contribution in [3.05, 3.63) is 71.3 Å². The van der Waals surface area contributed by atoms with Crippen molar-refractivity contribution in [2.24, 2.45) is 0 Å². The summed E-state index contributed by atoms with van der Waals surface area (Å²) in [5.74, 6) is -1.77. The van der Waals surface area contributed by atoms with Crippen LogP contribution in [-0.2, 0) is 11.2 Å². The second kappa shape index (κ2) is 8.72. The van der Waals surface area contributed by atoms with E-state index in [4.69, 9.17) is 4.74 Å². The molecule has 3 nitrogen and oxygen atoms in total. The van der Waals surface area contributed by atoms with Gasteiger partial charge >= 0.3 is 0 Å². The van der Waals surface area contributed by atoms with Crippen molar-refractivity contribution in [1.29, 1.82) is 0 Å². The first kappa shape index (κ1) is 17.5. The summed E-state index contributed by atoms with van der Waals surface area (Å²) in [6, 6.07) is 13.1. The van der Waals surface area contributed by atoms with E-state index in [-0.39, 0.29) is 6.04 Å². The molecule has 0 aliphatic heterocycles. The fourth-order valence-electron chi connectivity index (χ4n) is 2.41. The van der Waals surface area contributed by atoms with Gasteiger partial charge in [-0.05, 0) is 29.7 Å². The average Bonchev–Trinajstić information content (AvgIpc) is 2.55. The summed E-state index contributed by atoms with van der Waals surface area (Å²) in [5.41, 5.74) is 1.62. The first-order valence-electron chi connectivity index (χ1n) is 7.49. The van der Waals surface area contributed by atoms with Crippen LogP contribution in [0.25, 0.3) is 0 Å². The van der Waals surface area contributed by atoms with Crippen LogP contribution in [0.4, 0.5) is 8.78 Å². The van der Waals surface area contributed by atoms with Crippen molar-refractivity contribution < 1.29 is 18.6 Å². The van der Waals surface area contributed by atoms with Gasteiger partial charge in [0.2, 0.25) is 0 Å². The van der Waals surface area contributed by atoms with E-state index in [1.165, 1.54) is 13.2 Å². The summed E-state index contributed by atoms with van der Waals surface area (Å²) in [6.45, 7) is 0.616. The molecule has 2 aromatic carbocycles. The van der Waals surface area contributed by atoms with Crippen LogP contribution in [-0.4, -0.2) is 31.5 Å². The molecule has 2 aromatic rings. The Kier molecular flexibility index (Phi) is 6.65. The molecule has 0 amide bonds. The van der Waals surface area contributed by atoms with E-state index >= 15 is 0 Å². The lowest BCUT2D eigenvalue weighted by atomic mass is 10.1. The zero-order valence-corrected chi connectivity index (χ0v) is 13.0. The highest BCUT2D eigenvalue weighted by molar-refractivity contribution is 5.21. The maximum atomic E-state index is 13.4. The molecule has 0 fully saturated rings. The van der Waals surface area contributed by atoms with E-state index in [1.807, 2.05) is 30.3 Å². The monoisotopic (exact) mass is 321 g/mol. The lowest BCUT2D eigenvalue weighted by molar-refractivity contribution is 0.138. The molecule has 124 valence electrons. The fraction of sp³-hybridized carbons (Fsp3) is 0.333. The van der Waals surface area contributed by atoms with E-state index in [2.05, 4.69) is 5.32 Å². The standard InChI is InChI=1S/C18H21F2NO2/c1-23-12-18(14-7-8-16(19)17(20)10-14)21-11-15(22)9-13-5-3-2-4-6-13/h2-8,10,15,18,21-22H,9,11-12H2,1H3. The van der Waals surface area contributed by atoms with E-state index in [9.17, 15) is 13.9 Å². The van der Waals surface area contributed by atoms with E-state index in [0.29, 0.717) is 25.1 Å². The number of aliphatic hydroxyl groups excluding tert-OH is 1. The van der Waals surface area contributed by atoms with Crippen molar-refractivity contribution >= 4 is 0 Å². The van der Waals surface area contributed by atoms with Gasteiger partial charge < -0.3 is 15.2 Å². The van der Waals surface area contributed by atoms with Gasteiger partial charge in [-0.25, -0.2) is 8.78 Å². The lowest BCUT2D eigenvalue weighted by Crippen LogP contribution is -2.33. The summed E-state index contributed by atoms with van der Waals surface area (Å²) < 4.78 is 31.5. The summed E-state index contributed by atoms with van der Waals surface area (Å²) in [6.07, 6.45) is -0.0623. The topological polar surface area (TPSA) is 41.5 Å². The van der Waals surface area contributed by atoms with Crippen LogP contribution < -0.4 is 5.32 Å². The molecule has 5 heteroatoms. The van der Waals surface area contributed by atoms with Crippen LogP contribution in [0.3, 0.4) is 0 Å². The molecular weight excluding hydrogens is 300 g/mol. The predicted octanol–water partition coefficient (Wildman–Crippen LogP) is 2.85. The Morgan fingerprint density at radius 1 is 1.09 bits per heavy atom. The molecule has 0 aliphatic rings. The van der Waals surface area contributed by atoms with Crippen LogP contribution in [0.15, 0.2) is 48.5 Å². The molecular formula is C18H21F2NO2.